The van der Waals surface area contributed by atoms with Gasteiger partial charge in [-0.05, 0) is 78.9 Å². The van der Waals surface area contributed by atoms with Crippen molar-refractivity contribution in [2.45, 2.75) is 91.6 Å². The van der Waals surface area contributed by atoms with Gasteiger partial charge in [0.15, 0.2) is 6.10 Å². The molecule has 0 amide bonds. The Hall–Kier alpha value is -3.64. The Morgan fingerprint density at radius 1 is 0.628 bits per heavy atom. The van der Waals surface area contributed by atoms with Crippen molar-refractivity contribution in [3.05, 3.63) is 78.4 Å². The third-order valence-electron chi connectivity index (χ3n) is 7.49. The van der Waals surface area contributed by atoms with Gasteiger partial charge in [0, 0.05) is 0 Å². The van der Waals surface area contributed by atoms with Crippen molar-refractivity contribution in [3.8, 4) is 28.4 Å². The van der Waals surface area contributed by atoms with Gasteiger partial charge in [-0.1, -0.05) is 96.4 Å². The molecular weight excluding hydrogens is 540 g/mol. The Bertz CT molecular complexity index is 1220. The summed E-state index contributed by atoms with van der Waals surface area (Å²) in [4.78, 5) is 25.0. The summed E-state index contributed by atoms with van der Waals surface area (Å²) in [5.74, 6) is 1.24. The molecule has 0 aliphatic carbocycles. The van der Waals surface area contributed by atoms with Gasteiger partial charge in [-0.15, -0.1) is 0 Å². The van der Waals surface area contributed by atoms with Crippen molar-refractivity contribution < 1.29 is 28.5 Å². The molecule has 0 fully saturated rings. The number of ether oxygens (including phenoxy) is 4. The lowest BCUT2D eigenvalue weighted by atomic mass is 10.1. The first-order chi connectivity index (χ1) is 20.9. The van der Waals surface area contributed by atoms with Gasteiger partial charge in [0.05, 0.1) is 18.8 Å². The van der Waals surface area contributed by atoms with Crippen LogP contribution in [0.3, 0.4) is 0 Å². The molecule has 0 aliphatic heterocycles. The van der Waals surface area contributed by atoms with Crippen LogP contribution in [-0.4, -0.2) is 31.3 Å². The number of unbranched alkanes of at least 4 members (excludes halogenated alkanes) is 7. The molecule has 43 heavy (non-hydrogen) atoms. The van der Waals surface area contributed by atoms with E-state index in [1.54, 1.807) is 43.3 Å². The number of hydrogen-bond donors (Lipinski definition) is 0. The molecule has 0 heterocycles. The first-order valence-electron chi connectivity index (χ1n) is 15.9. The van der Waals surface area contributed by atoms with Crippen molar-refractivity contribution >= 4 is 11.9 Å². The fraction of sp³-hybridized carbons (Fsp3) is 0.459. The third-order valence-corrected chi connectivity index (χ3v) is 7.49. The van der Waals surface area contributed by atoms with E-state index in [2.05, 4.69) is 20.8 Å². The fourth-order valence-electron chi connectivity index (χ4n) is 4.40. The number of esters is 2. The van der Waals surface area contributed by atoms with Crippen LogP contribution in [0.4, 0.5) is 0 Å². The highest BCUT2D eigenvalue weighted by Gasteiger charge is 2.17. The molecule has 3 aromatic carbocycles. The zero-order chi connectivity index (χ0) is 30.9. The van der Waals surface area contributed by atoms with Gasteiger partial charge in [-0.2, -0.15) is 0 Å². The molecule has 0 radical (unpaired) electrons. The van der Waals surface area contributed by atoms with Crippen molar-refractivity contribution in [2.24, 2.45) is 5.92 Å². The monoisotopic (exact) mass is 588 g/mol. The van der Waals surface area contributed by atoms with Gasteiger partial charge < -0.3 is 18.9 Å². The molecule has 0 N–H and O–H groups in total. The maximum atomic E-state index is 12.7. The molecule has 2 atom stereocenters. The topological polar surface area (TPSA) is 71.1 Å². The summed E-state index contributed by atoms with van der Waals surface area (Å²) in [5, 5.41) is 0. The van der Waals surface area contributed by atoms with Crippen LogP contribution in [0.15, 0.2) is 72.8 Å². The molecule has 2 unspecified atom stereocenters. The van der Waals surface area contributed by atoms with Crippen molar-refractivity contribution in [3.63, 3.8) is 0 Å². The maximum Gasteiger partial charge on any atom is 0.343 e. The highest BCUT2D eigenvalue weighted by atomic mass is 16.6. The Balaban J connectivity index is 1.41. The average Bonchev–Trinajstić information content (AvgIpc) is 3.03. The Labute approximate surface area is 257 Å². The largest absolute Gasteiger partial charge is 0.494 e. The van der Waals surface area contributed by atoms with Gasteiger partial charge >= 0.3 is 11.9 Å². The molecule has 232 valence electrons. The first kappa shape index (κ1) is 33.9. The van der Waals surface area contributed by atoms with Crippen LogP contribution in [0, 0.1) is 5.92 Å². The van der Waals surface area contributed by atoms with Crippen LogP contribution >= 0.6 is 0 Å². The second-order valence-corrected chi connectivity index (χ2v) is 11.2. The second kappa shape index (κ2) is 18.8. The van der Waals surface area contributed by atoms with Crippen LogP contribution in [-0.2, 0) is 9.53 Å². The van der Waals surface area contributed by atoms with E-state index in [0.717, 1.165) is 29.7 Å². The molecule has 0 aromatic heterocycles. The highest BCUT2D eigenvalue weighted by Crippen LogP contribution is 2.26. The number of benzene rings is 3. The van der Waals surface area contributed by atoms with Gasteiger partial charge in [-0.25, -0.2) is 9.59 Å². The van der Waals surface area contributed by atoms with Gasteiger partial charge in [-0.3, -0.25) is 0 Å². The molecule has 0 spiro atoms. The fourth-order valence-corrected chi connectivity index (χ4v) is 4.40. The Morgan fingerprint density at radius 2 is 1.14 bits per heavy atom. The van der Waals surface area contributed by atoms with Crippen molar-refractivity contribution in [2.75, 3.05) is 13.2 Å². The lowest BCUT2D eigenvalue weighted by molar-refractivity contribution is -0.146. The number of hydrogen-bond acceptors (Lipinski definition) is 6. The average molecular weight is 589 g/mol. The molecular formula is C37H48O6. The predicted octanol–water partition coefficient (Wildman–Crippen LogP) is 9.45. The van der Waals surface area contributed by atoms with Crippen LogP contribution in [0.2, 0.25) is 0 Å². The number of carbonyl (C=O) groups excluding carboxylic acids is 2. The van der Waals surface area contributed by atoms with Crippen LogP contribution in [0.1, 0.15) is 95.8 Å². The minimum atomic E-state index is -0.625. The highest BCUT2D eigenvalue weighted by molar-refractivity contribution is 5.91. The minimum absolute atomic E-state index is 0.394. The van der Waals surface area contributed by atoms with E-state index in [-0.39, 0.29) is 0 Å². The third kappa shape index (κ3) is 12.2. The summed E-state index contributed by atoms with van der Waals surface area (Å²) in [5.41, 5.74) is 2.36. The van der Waals surface area contributed by atoms with Crippen LogP contribution in [0.5, 0.6) is 17.2 Å². The summed E-state index contributed by atoms with van der Waals surface area (Å²) in [7, 11) is 0. The van der Waals surface area contributed by atoms with E-state index in [1.807, 2.05) is 36.4 Å². The molecule has 3 aromatic rings. The number of rotatable bonds is 19. The van der Waals surface area contributed by atoms with Gasteiger partial charge in [0.25, 0.3) is 0 Å². The summed E-state index contributed by atoms with van der Waals surface area (Å²) in [6.07, 6.45) is 10.5. The van der Waals surface area contributed by atoms with E-state index in [0.29, 0.717) is 36.2 Å². The molecule has 0 aliphatic rings. The number of carbonyl (C=O) groups is 2. The zero-order valence-corrected chi connectivity index (χ0v) is 26.3. The Morgan fingerprint density at radius 3 is 1.70 bits per heavy atom. The predicted molar refractivity (Wildman–Crippen MR) is 172 cm³/mol. The van der Waals surface area contributed by atoms with E-state index in [9.17, 15) is 9.59 Å². The van der Waals surface area contributed by atoms with E-state index in [4.69, 9.17) is 18.9 Å². The van der Waals surface area contributed by atoms with Crippen LogP contribution < -0.4 is 14.2 Å². The molecule has 3 rings (SSSR count). The molecule has 0 saturated heterocycles. The van der Waals surface area contributed by atoms with Crippen LogP contribution in [0.25, 0.3) is 11.1 Å². The molecule has 0 saturated carbocycles. The quantitative estimate of drug-likeness (QED) is 0.0789. The lowest BCUT2D eigenvalue weighted by Crippen LogP contribution is -2.27. The van der Waals surface area contributed by atoms with Gasteiger partial charge in [0.2, 0.25) is 0 Å². The maximum absolute atomic E-state index is 12.7. The van der Waals surface area contributed by atoms with Crippen molar-refractivity contribution in [1.82, 2.24) is 0 Å². The molecule has 6 heteroatoms. The van der Waals surface area contributed by atoms with Gasteiger partial charge in [0.1, 0.15) is 17.2 Å². The zero-order valence-electron chi connectivity index (χ0n) is 26.3. The van der Waals surface area contributed by atoms with E-state index >= 15 is 0 Å². The second-order valence-electron chi connectivity index (χ2n) is 11.2. The smallest absolute Gasteiger partial charge is 0.343 e. The van der Waals surface area contributed by atoms with E-state index in [1.165, 1.54) is 44.9 Å². The van der Waals surface area contributed by atoms with Crippen molar-refractivity contribution in [1.29, 1.82) is 0 Å². The summed E-state index contributed by atoms with van der Waals surface area (Å²) in [6.45, 7) is 9.33. The molecule has 0 bridgehead atoms. The minimum Gasteiger partial charge on any atom is -0.494 e. The first-order valence-corrected chi connectivity index (χ1v) is 15.9. The summed E-state index contributed by atoms with van der Waals surface area (Å²) >= 11 is 0. The SMILES string of the molecule is CCCCCCCCCCOc1ccc(C(=O)Oc2ccc(-c3ccc(OC(=O)C(C)OCC(C)CC)cc3)cc2)cc1. The normalized spacial score (nSPS) is 12.4. The Kier molecular flexibility index (Phi) is 14.8. The molecule has 6 nitrogen and oxygen atoms in total. The summed E-state index contributed by atoms with van der Waals surface area (Å²) in [6, 6.07) is 21.7. The standard InChI is InChI=1S/C37H48O6/c1-5-7-8-9-10-11-12-13-26-40-33-20-18-32(19-21-33)37(39)43-35-24-16-31(17-25-35)30-14-22-34(23-15-30)42-36(38)29(4)41-27-28(3)6-2/h14-25,28-29H,5-13,26-27H2,1-4H3. The lowest BCUT2D eigenvalue weighted by Gasteiger charge is -2.15. The summed E-state index contributed by atoms with van der Waals surface area (Å²) < 4.78 is 22.5. The van der Waals surface area contributed by atoms with E-state index < -0.39 is 18.0 Å².